The summed E-state index contributed by atoms with van der Waals surface area (Å²) in [4.78, 5) is 0. The van der Waals surface area contributed by atoms with Crippen LogP contribution in [0.15, 0.2) is 36.1 Å². The van der Waals surface area contributed by atoms with Gasteiger partial charge in [-0.25, -0.2) is 0 Å². The molecule has 5 atom stereocenters. The van der Waals surface area contributed by atoms with E-state index in [0.717, 1.165) is 35.9 Å². The fourth-order valence-corrected chi connectivity index (χ4v) is 5.87. The van der Waals surface area contributed by atoms with Crippen LogP contribution in [0.4, 0.5) is 0 Å². The molecule has 1 heteroatoms. The van der Waals surface area contributed by atoms with E-state index in [-0.39, 0.29) is 0 Å². The highest BCUT2D eigenvalue weighted by Crippen LogP contribution is 2.60. The predicted molar refractivity (Wildman–Crippen MR) is 121 cm³/mol. The van der Waals surface area contributed by atoms with Crippen LogP contribution in [0.25, 0.3) is 0 Å². The van der Waals surface area contributed by atoms with Crippen molar-refractivity contribution in [3.05, 3.63) is 36.1 Å². The van der Waals surface area contributed by atoms with E-state index < -0.39 is 0 Å². The molecule has 1 nitrogen and oxygen atoms in total. The Morgan fingerprint density at radius 3 is 2.44 bits per heavy atom. The van der Waals surface area contributed by atoms with Gasteiger partial charge in [-0.1, -0.05) is 73.6 Å². The Morgan fingerprint density at radius 1 is 1.15 bits per heavy atom. The Kier molecular flexibility index (Phi) is 9.91. The highest BCUT2D eigenvalue weighted by molar-refractivity contribution is 5.35. The molecule has 0 amide bonds. The van der Waals surface area contributed by atoms with Crippen molar-refractivity contribution in [3.8, 4) is 0 Å². The monoisotopic (exact) mass is 374 g/mol. The average molecular weight is 375 g/mol. The second-order valence-electron chi connectivity index (χ2n) is 8.49. The Hall–Kier alpha value is -0.980. The van der Waals surface area contributed by atoms with Crippen LogP contribution in [0.5, 0.6) is 0 Å². The van der Waals surface area contributed by atoms with Gasteiger partial charge in [0, 0.05) is 6.42 Å². The molecule has 27 heavy (non-hydrogen) atoms. The van der Waals surface area contributed by atoms with E-state index in [0.29, 0.717) is 5.41 Å². The maximum Gasteiger partial charge on any atom is 0.0921 e. The molecule has 5 unspecified atom stereocenters. The van der Waals surface area contributed by atoms with Crippen molar-refractivity contribution < 1.29 is 4.74 Å². The van der Waals surface area contributed by atoms with Crippen molar-refractivity contribution in [1.29, 1.82) is 0 Å². The van der Waals surface area contributed by atoms with Crippen LogP contribution in [0.1, 0.15) is 92.9 Å². The normalized spacial score (nSPS) is 36.3. The molecule has 0 saturated heterocycles. The lowest BCUT2D eigenvalue weighted by Crippen LogP contribution is -2.48. The minimum absolute atomic E-state index is 0.589. The summed E-state index contributed by atoms with van der Waals surface area (Å²) in [6.07, 6.45) is 12.8. The van der Waals surface area contributed by atoms with Crippen molar-refractivity contribution in [2.24, 2.45) is 29.1 Å². The molecule has 3 fully saturated rings. The summed E-state index contributed by atoms with van der Waals surface area (Å²) in [6.45, 7) is 21.6. The van der Waals surface area contributed by atoms with Gasteiger partial charge in [0.1, 0.15) is 0 Å². The smallest absolute Gasteiger partial charge is 0.0921 e. The van der Waals surface area contributed by atoms with Crippen LogP contribution < -0.4 is 0 Å². The zero-order valence-corrected chi connectivity index (χ0v) is 19.4. The number of hydrogen-bond acceptors (Lipinski definition) is 1. The minimum Gasteiger partial charge on any atom is -0.501 e. The Morgan fingerprint density at radius 2 is 1.81 bits per heavy atom. The van der Waals surface area contributed by atoms with E-state index in [9.17, 15) is 0 Å². The molecule has 0 aromatic rings. The SMILES string of the molecule is C=C(CC=C1CCC2C(CCC3(C)C(C)CCCC23)C1=C)OC.CC.CC. The van der Waals surface area contributed by atoms with Crippen molar-refractivity contribution in [3.63, 3.8) is 0 Å². The second kappa shape index (κ2) is 11.1. The lowest BCUT2D eigenvalue weighted by Gasteiger charge is -2.57. The van der Waals surface area contributed by atoms with Crippen LogP contribution in [0.2, 0.25) is 0 Å². The topological polar surface area (TPSA) is 9.23 Å². The first kappa shape index (κ1) is 24.1. The highest BCUT2D eigenvalue weighted by Gasteiger charge is 2.51. The molecule has 0 N–H and O–H groups in total. The van der Waals surface area contributed by atoms with E-state index in [4.69, 9.17) is 4.74 Å². The predicted octanol–water partition coefficient (Wildman–Crippen LogP) is 8.33. The van der Waals surface area contributed by atoms with Crippen LogP contribution in [0.3, 0.4) is 0 Å². The summed E-state index contributed by atoms with van der Waals surface area (Å²) in [5, 5.41) is 0. The van der Waals surface area contributed by atoms with Gasteiger partial charge in [0.25, 0.3) is 0 Å². The van der Waals surface area contributed by atoms with Gasteiger partial charge in [-0.05, 0) is 72.3 Å². The van der Waals surface area contributed by atoms with E-state index in [1.54, 1.807) is 7.11 Å². The van der Waals surface area contributed by atoms with Gasteiger partial charge in [0.05, 0.1) is 12.9 Å². The Labute approximate surface area is 170 Å². The third kappa shape index (κ3) is 5.09. The van der Waals surface area contributed by atoms with E-state index in [2.05, 4.69) is 33.1 Å². The van der Waals surface area contributed by atoms with Crippen LogP contribution in [-0.4, -0.2) is 7.11 Å². The van der Waals surface area contributed by atoms with Crippen molar-refractivity contribution in [2.75, 3.05) is 7.11 Å². The van der Waals surface area contributed by atoms with Gasteiger partial charge in [0.15, 0.2) is 0 Å². The lowest BCUT2D eigenvalue weighted by molar-refractivity contribution is -0.0526. The molecule has 0 aliphatic heterocycles. The maximum atomic E-state index is 5.21. The average Bonchev–Trinajstić information content (AvgIpc) is 2.71. The first-order valence-electron chi connectivity index (χ1n) is 11.6. The van der Waals surface area contributed by atoms with Gasteiger partial charge in [0.2, 0.25) is 0 Å². The number of hydrogen-bond donors (Lipinski definition) is 0. The summed E-state index contributed by atoms with van der Waals surface area (Å²) in [6, 6.07) is 0. The van der Waals surface area contributed by atoms with Crippen LogP contribution in [-0.2, 0) is 4.74 Å². The highest BCUT2D eigenvalue weighted by atomic mass is 16.5. The molecular formula is C26H46O. The quantitative estimate of drug-likeness (QED) is 0.451. The summed E-state index contributed by atoms with van der Waals surface area (Å²) >= 11 is 0. The molecule has 3 rings (SSSR count). The first-order chi connectivity index (χ1) is 13.0. The van der Waals surface area contributed by atoms with E-state index in [1.165, 1.54) is 56.1 Å². The number of rotatable bonds is 3. The fourth-order valence-electron chi connectivity index (χ4n) is 5.87. The van der Waals surface area contributed by atoms with Crippen molar-refractivity contribution >= 4 is 0 Å². The lowest BCUT2D eigenvalue weighted by atomic mass is 9.48. The zero-order chi connectivity index (χ0) is 20.6. The van der Waals surface area contributed by atoms with Gasteiger partial charge < -0.3 is 4.74 Å². The van der Waals surface area contributed by atoms with Gasteiger partial charge in [-0.2, -0.15) is 0 Å². The van der Waals surface area contributed by atoms with Gasteiger partial charge in [-0.15, -0.1) is 0 Å². The maximum absolute atomic E-state index is 5.21. The second-order valence-corrected chi connectivity index (χ2v) is 8.49. The van der Waals surface area contributed by atoms with E-state index in [1.807, 2.05) is 27.7 Å². The molecule has 3 aliphatic rings. The molecule has 156 valence electrons. The van der Waals surface area contributed by atoms with Crippen LogP contribution >= 0.6 is 0 Å². The number of allylic oxidation sites excluding steroid dienone is 3. The summed E-state index contributed by atoms with van der Waals surface area (Å²) < 4.78 is 5.21. The minimum atomic E-state index is 0.589. The Balaban J connectivity index is 0.000000855. The van der Waals surface area contributed by atoms with E-state index >= 15 is 0 Å². The molecule has 0 heterocycles. The van der Waals surface area contributed by atoms with Gasteiger partial charge in [-0.3, -0.25) is 0 Å². The molecular weight excluding hydrogens is 328 g/mol. The summed E-state index contributed by atoms with van der Waals surface area (Å²) in [5.74, 6) is 4.29. The first-order valence-corrected chi connectivity index (χ1v) is 11.6. The molecule has 0 radical (unpaired) electrons. The molecule has 3 saturated carbocycles. The fraction of sp³-hybridized carbons (Fsp3) is 0.769. The number of ether oxygens (including phenoxy) is 1. The Bertz CT molecular complexity index is 514. The summed E-state index contributed by atoms with van der Waals surface area (Å²) in [7, 11) is 1.71. The third-order valence-corrected chi connectivity index (χ3v) is 7.62. The molecule has 0 aromatic heterocycles. The van der Waals surface area contributed by atoms with Crippen LogP contribution in [0, 0.1) is 29.1 Å². The van der Waals surface area contributed by atoms with Crippen molar-refractivity contribution in [2.45, 2.75) is 92.9 Å². The number of methoxy groups -OCH3 is 1. The summed E-state index contributed by atoms with van der Waals surface area (Å²) in [5.41, 5.74) is 3.51. The standard InChI is InChI=1S/C22H34O.2C2H6/c1-15-7-6-8-21-20-12-11-18(10-9-16(2)23-5)17(3)19(20)13-14-22(15,21)4;2*1-2/h10,15,19-21H,2-3,6-9,11-14H2,1,4-5H3;2*1-2H3. The number of fused-ring (bicyclic) bond motifs is 3. The van der Waals surface area contributed by atoms with Gasteiger partial charge >= 0.3 is 0 Å². The third-order valence-electron chi connectivity index (χ3n) is 7.62. The molecule has 0 spiro atoms. The molecule has 0 aromatic carbocycles. The van der Waals surface area contributed by atoms with Crippen molar-refractivity contribution in [1.82, 2.24) is 0 Å². The molecule has 3 aliphatic carbocycles. The zero-order valence-electron chi connectivity index (χ0n) is 19.4. The largest absolute Gasteiger partial charge is 0.501 e. The molecule has 0 bridgehead atoms.